The van der Waals surface area contributed by atoms with E-state index in [1.165, 1.54) is 43.4 Å². The molecular weight excluding hydrogens is 386 g/mol. The van der Waals surface area contributed by atoms with Gasteiger partial charge in [-0.15, -0.1) is 0 Å². The Bertz CT molecular complexity index is 1110. The number of ether oxygens (including phenoxy) is 2. The number of hydrogen-bond donors (Lipinski definition) is 1. The molecule has 0 saturated heterocycles. The minimum absolute atomic E-state index is 0.0406. The highest BCUT2D eigenvalue weighted by molar-refractivity contribution is 7.89. The van der Waals surface area contributed by atoms with Gasteiger partial charge < -0.3 is 13.9 Å². The van der Waals surface area contributed by atoms with E-state index < -0.39 is 10.0 Å². The van der Waals surface area contributed by atoms with Gasteiger partial charge in [-0.05, 0) is 30.3 Å². The Hall–Kier alpha value is -3.11. The van der Waals surface area contributed by atoms with Gasteiger partial charge in [0.25, 0.3) is 5.56 Å². The molecule has 0 radical (unpaired) electrons. The maximum absolute atomic E-state index is 12.6. The van der Waals surface area contributed by atoms with Crippen LogP contribution in [0, 0.1) is 0 Å². The third kappa shape index (κ3) is 4.24. The molecule has 0 aliphatic carbocycles. The number of furan rings is 1. The normalized spacial score (nSPS) is 11.4. The van der Waals surface area contributed by atoms with Gasteiger partial charge in [-0.2, -0.15) is 5.10 Å². The van der Waals surface area contributed by atoms with Gasteiger partial charge in [0.1, 0.15) is 22.1 Å². The molecule has 0 atom stereocenters. The molecule has 148 valence electrons. The number of aromatic nitrogens is 2. The number of sulfonamides is 1. The second kappa shape index (κ2) is 8.28. The third-order valence-corrected chi connectivity index (χ3v) is 5.40. The molecule has 0 aliphatic rings. The minimum atomic E-state index is -3.89. The number of nitrogens with zero attached hydrogens (tertiary/aromatic N) is 2. The predicted octanol–water partition coefficient (Wildman–Crippen LogP) is 1.50. The molecule has 28 heavy (non-hydrogen) atoms. The number of hydrogen-bond acceptors (Lipinski definition) is 7. The van der Waals surface area contributed by atoms with Gasteiger partial charge in [-0.25, -0.2) is 17.8 Å². The lowest BCUT2D eigenvalue weighted by atomic mass is 10.3. The van der Waals surface area contributed by atoms with Crippen molar-refractivity contribution in [1.29, 1.82) is 0 Å². The first-order valence-electron chi connectivity index (χ1n) is 8.28. The summed E-state index contributed by atoms with van der Waals surface area (Å²) in [5.41, 5.74) is 0.121. The summed E-state index contributed by atoms with van der Waals surface area (Å²) in [7, 11) is -1.07. The van der Waals surface area contributed by atoms with Crippen LogP contribution in [0.25, 0.3) is 11.5 Å². The first kappa shape index (κ1) is 19.6. The van der Waals surface area contributed by atoms with Crippen molar-refractivity contribution in [3.8, 4) is 23.0 Å². The van der Waals surface area contributed by atoms with Crippen LogP contribution in [-0.2, 0) is 16.6 Å². The van der Waals surface area contributed by atoms with Crippen LogP contribution in [0.5, 0.6) is 11.5 Å². The zero-order chi connectivity index (χ0) is 20.1. The van der Waals surface area contributed by atoms with Gasteiger partial charge >= 0.3 is 0 Å². The summed E-state index contributed by atoms with van der Waals surface area (Å²) in [6, 6.07) is 10.8. The van der Waals surface area contributed by atoms with Crippen LogP contribution in [0.3, 0.4) is 0 Å². The number of rotatable bonds is 8. The van der Waals surface area contributed by atoms with Crippen molar-refractivity contribution >= 4 is 10.0 Å². The third-order valence-electron chi connectivity index (χ3n) is 3.92. The molecule has 3 aromatic rings. The van der Waals surface area contributed by atoms with Gasteiger partial charge in [-0.3, -0.25) is 4.79 Å². The van der Waals surface area contributed by atoms with E-state index in [-0.39, 0.29) is 29.3 Å². The first-order valence-corrected chi connectivity index (χ1v) is 9.76. The maximum Gasteiger partial charge on any atom is 0.266 e. The van der Waals surface area contributed by atoms with Crippen LogP contribution in [0.2, 0.25) is 0 Å². The maximum atomic E-state index is 12.6. The number of nitrogens with one attached hydrogen (secondary N) is 1. The van der Waals surface area contributed by atoms with E-state index in [4.69, 9.17) is 13.9 Å². The molecule has 0 aliphatic heterocycles. The van der Waals surface area contributed by atoms with Crippen molar-refractivity contribution in [2.45, 2.75) is 11.4 Å². The van der Waals surface area contributed by atoms with E-state index >= 15 is 0 Å². The zero-order valence-electron chi connectivity index (χ0n) is 15.3. The smallest absolute Gasteiger partial charge is 0.266 e. The molecule has 3 rings (SSSR count). The summed E-state index contributed by atoms with van der Waals surface area (Å²) in [5, 5.41) is 4.20. The Morgan fingerprint density at radius 2 is 1.96 bits per heavy atom. The van der Waals surface area contributed by atoms with Crippen LogP contribution in [0.4, 0.5) is 0 Å². The van der Waals surface area contributed by atoms with Crippen molar-refractivity contribution in [2.75, 3.05) is 20.8 Å². The average molecular weight is 405 g/mol. The standard InChI is InChI=1S/C18H19N3O6S/c1-25-13-5-7-16(26-2)17(12-13)28(23,24)19-9-10-21-18(22)8-6-14(20-21)15-4-3-11-27-15/h3-8,11-12,19H,9-10H2,1-2H3. The molecule has 2 heterocycles. The summed E-state index contributed by atoms with van der Waals surface area (Å²) in [4.78, 5) is 12.0. The zero-order valence-corrected chi connectivity index (χ0v) is 16.1. The summed E-state index contributed by atoms with van der Waals surface area (Å²) in [6.45, 7) is -0.00386. The fourth-order valence-electron chi connectivity index (χ4n) is 2.52. The highest BCUT2D eigenvalue weighted by Gasteiger charge is 2.20. The molecule has 9 nitrogen and oxygen atoms in total. The number of benzene rings is 1. The van der Waals surface area contributed by atoms with Gasteiger partial charge in [0.15, 0.2) is 5.76 Å². The van der Waals surface area contributed by atoms with E-state index in [1.807, 2.05) is 0 Å². The van der Waals surface area contributed by atoms with Crippen LogP contribution < -0.4 is 19.8 Å². The van der Waals surface area contributed by atoms with Gasteiger partial charge in [0, 0.05) is 18.7 Å². The molecular formula is C18H19N3O6S. The molecule has 2 aromatic heterocycles. The Morgan fingerprint density at radius 3 is 2.64 bits per heavy atom. The van der Waals surface area contributed by atoms with E-state index in [0.717, 1.165) is 0 Å². The van der Waals surface area contributed by atoms with Crippen molar-refractivity contribution in [3.63, 3.8) is 0 Å². The average Bonchev–Trinajstić information content (AvgIpc) is 3.23. The molecule has 0 spiro atoms. The van der Waals surface area contributed by atoms with Crippen LogP contribution in [0.1, 0.15) is 0 Å². The largest absolute Gasteiger partial charge is 0.497 e. The molecule has 0 unspecified atom stereocenters. The highest BCUT2D eigenvalue weighted by Crippen LogP contribution is 2.27. The quantitative estimate of drug-likeness (QED) is 0.604. The van der Waals surface area contributed by atoms with Gasteiger partial charge in [0.2, 0.25) is 10.0 Å². The molecule has 0 bridgehead atoms. The summed E-state index contributed by atoms with van der Waals surface area (Å²) < 4.78 is 44.4. The Morgan fingerprint density at radius 1 is 1.14 bits per heavy atom. The summed E-state index contributed by atoms with van der Waals surface area (Å²) in [5.74, 6) is 1.07. The van der Waals surface area contributed by atoms with E-state index in [1.54, 1.807) is 24.3 Å². The molecule has 1 N–H and O–H groups in total. The molecule has 0 saturated carbocycles. The van der Waals surface area contributed by atoms with E-state index in [9.17, 15) is 13.2 Å². The lowest BCUT2D eigenvalue weighted by Gasteiger charge is -2.12. The lowest BCUT2D eigenvalue weighted by molar-refractivity contribution is 0.392. The lowest BCUT2D eigenvalue weighted by Crippen LogP contribution is -2.32. The monoisotopic (exact) mass is 405 g/mol. The molecule has 0 amide bonds. The molecule has 10 heteroatoms. The summed E-state index contributed by atoms with van der Waals surface area (Å²) >= 11 is 0. The van der Waals surface area contributed by atoms with Gasteiger partial charge in [-0.1, -0.05) is 0 Å². The van der Waals surface area contributed by atoms with Crippen molar-refractivity contribution in [3.05, 3.63) is 59.1 Å². The second-order valence-corrected chi connectivity index (χ2v) is 7.41. The number of methoxy groups -OCH3 is 2. The van der Waals surface area contributed by atoms with Crippen molar-refractivity contribution < 1.29 is 22.3 Å². The van der Waals surface area contributed by atoms with Crippen LogP contribution in [0.15, 0.2) is 62.8 Å². The Labute approximate surface area is 161 Å². The van der Waals surface area contributed by atoms with E-state index in [0.29, 0.717) is 17.2 Å². The van der Waals surface area contributed by atoms with E-state index in [2.05, 4.69) is 9.82 Å². The summed E-state index contributed by atoms with van der Waals surface area (Å²) in [6.07, 6.45) is 1.50. The fraction of sp³-hybridized carbons (Fsp3) is 0.222. The topological polar surface area (TPSA) is 113 Å². The van der Waals surface area contributed by atoms with Gasteiger partial charge in [0.05, 0.1) is 27.0 Å². The van der Waals surface area contributed by atoms with Crippen molar-refractivity contribution in [1.82, 2.24) is 14.5 Å². The fourth-order valence-corrected chi connectivity index (χ4v) is 3.73. The first-order chi connectivity index (χ1) is 13.4. The Kier molecular flexibility index (Phi) is 5.81. The SMILES string of the molecule is COc1ccc(OC)c(S(=O)(=O)NCCn2nc(-c3ccco3)ccc2=O)c1. The van der Waals surface area contributed by atoms with Crippen molar-refractivity contribution in [2.24, 2.45) is 0 Å². The Balaban J connectivity index is 1.76. The molecule has 0 fully saturated rings. The highest BCUT2D eigenvalue weighted by atomic mass is 32.2. The minimum Gasteiger partial charge on any atom is -0.497 e. The predicted molar refractivity (Wildman–Crippen MR) is 101 cm³/mol. The second-order valence-electron chi connectivity index (χ2n) is 5.67. The van der Waals surface area contributed by atoms with Crippen LogP contribution >= 0.6 is 0 Å². The molecule has 1 aromatic carbocycles. The van der Waals surface area contributed by atoms with Crippen LogP contribution in [-0.4, -0.2) is 39.0 Å².